The van der Waals surface area contributed by atoms with Crippen molar-refractivity contribution in [2.75, 3.05) is 20.1 Å². The van der Waals surface area contributed by atoms with Gasteiger partial charge in [-0.1, -0.05) is 0 Å². The smallest absolute Gasteiger partial charge is 0.229 e. The fourth-order valence-corrected chi connectivity index (χ4v) is 6.68. The molecular formula is C23H21N5O4S2. The van der Waals surface area contributed by atoms with Crippen molar-refractivity contribution in [3.8, 4) is 0 Å². The first-order chi connectivity index (χ1) is 16.2. The molecule has 2 aromatic heterocycles. The van der Waals surface area contributed by atoms with Crippen LogP contribution >= 0.6 is 22.7 Å². The van der Waals surface area contributed by atoms with E-state index in [2.05, 4.69) is 14.9 Å². The number of carbonyl (C=O) groups is 4. The molecule has 4 heterocycles. The molecule has 2 atom stereocenters. The third-order valence-electron chi connectivity index (χ3n) is 6.88. The van der Waals surface area contributed by atoms with E-state index in [0.717, 1.165) is 12.8 Å². The molecule has 0 amide bonds. The van der Waals surface area contributed by atoms with Gasteiger partial charge in [-0.25, -0.2) is 9.97 Å². The van der Waals surface area contributed by atoms with Gasteiger partial charge in [0.1, 0.15) is 21.1 Å². The minimum absolute atomic E-state index is 0.0934. The van der Waals surface area contributed by atoms with Crippen molar-refractivity contribution in [1.29, 1.82) is 0 Å². The molecule has 2 unspecified atom stereocenters. The van der Waals surface area contributed by atoms with Gasteiger partial charge < -0.3 is 9.80 Å². The highest BCUT2D eigenvalue weighted by Crippen LogP contribution is 2.38. The highest BCUT2D eigenvalue weighted by molar-refractivity contribution is 7.14. The van der Waals surface area contributed by atoms with E-state index in [0.29, 0.717) is 44.3 Å². The number of aromatic nitrogens is 2. The first-order valence-corrected chi connectivity index (χ1v) is 12.7. The second kappa shape index (κ2) is 7.49. The van der Waals surface area contributed by atoms with Crippen LogP contribution < -0.4 is 0 Å². The summed E-state index contributed by atoms with van der Waals surface area (Å²) in [6.45, 7) is 4.90. The number of likely N-dealkylation sites (tertiary alicyclic amines) is 2. The Balaban J connectivity index is 1.22. The highest BCUT2D eigenvalue weighted by atomic mass is 32.1. The average molecular weight is 496 g/mol. The van der Waals surface area contributed by atoms with E-state index in [1.807, 2.05) is 16.8 Å². The predicted molar refractivity (Wildman–Crippen MR) is 125 cm³/mol. The van der Waals surface area contributed by atoms with Gasteiger partial charge in [0.25, 0.3) is 0 Å². The molecule has 2 fully saturated rings. The van der Waals surface area contributed by atoms with E-state index >= 15 is 0 Å². The Bertz CT molecular complexity index is 1270. The monoisotopic (exact) mass is 495 g/mol. The lowest BCUT2D eigenvalue weighted by molar-refractivity contribution is -0.0903. The van der Waals surface area contributed by atoms with Gasteiger partial charge in [0, 0.05) is 25.2 Å². The maximum absolute atomic E-state index is 13.1. The molecule has 2 aliphatic heterocycles. The molecule has 34 heavy (non-hydrogen) atoms. The van der Waals surface area contributed by atoms with Crippen LogP contribution in [-0.4, -0.2) is 80.3 Å². The predicted octanol–water partition coefficient (Wildman–Crippen LogP) is 2.44. The summed E-state index contributed by atoms with van der Waals surface area (Å²) in [5.74, 6) is -0.798. The highest BCUT2D eigenvalue weighted by Gasteiger charge is 2.46. The molecule has 174 valence electrons. The number of rotatable bonds is 4. The second-order valence-electron chi connectivity index (χ2n) is 8.86. The molecule has 9 nitrogen and oxygen atoms in total. The van der Waals surface area contributed by atoms with Crippen LogP contribution in [-0.2, 0) is 0 Å². The SMILES string of the molecule is Cc1nc2c(s1)C(=O)C=C(N1CCC1N(C)C1CCN1C1=CC(=O)c3sc(C)nc3C1=O)C2=O. The first-order valence-electron chi connectivity index (χ1n) is 11.1. The van der Waals surface area contributed by atoms with Crippen LogP contribution in [0.15, 0.2) is 23.5 Å². The zero-order valence-electron chi connectivity index (χ0n) is 18.8. The Morgan fingerprint density at radius 2 is 1.21 bits per heavy atom. The van der Waals surface area contributed by atoms with Crippen molar-refractivity contribution in [3.63, 3.8) is 0 Å². The number of Topliss-reactive ketones (excluding diaryl/α,β-unsaturated/α-hetero) is 2. The molecular weight excluding hydrogens is 474 g/mol. The van der Waals surface area contributed by atoms with Crippen molar-refractivity contribution in [3.05, 3.63) is 54.7 Å². The summed E-state index contributed by atoms with van der Waals surface area (Å²) in [4.78, 5) is 66.8. The Morgan fingerprint density at radius 3 is 1.56 bits per heavy atom. The maximum Gasteiger partial charge on any atom is 0.229 e. The topological polar surface area (TPSA) is 104 Å². The average Bonchev–Trinajstić information content (AvgIpc) is 3.31. The number of thiazole rings is 2. The molecule has 2 aromatic rings. The minimum atomic E-state index is -0.218. The zero-order valence-corrected chi connectivity index (χ0v) is 20.5. The van der Waals surface area contributed by atoms with Crippen LogP contribution in [0.4, 0.5) is 0 Å². The van der Waals surface area contributed by atoms with Gasteiger partial charge in [-0.05, 0) is 33.7 Å². The van der Waals surface area contributed by atoms with Gasteiger partial charge in [0.15, 0.2) is 11.6 Å². The lowest BCUT2D eigenvalue weighted by Crippen LogP contribution is -2.66. The molecule has 11 heteroatoms. The molecule has 2 saturated heterocycles. The van der Waals surface area contributed by atoms with Crippen LogP contribution in [0, 0.1) is 13.8 Å². The summed E-state index contributed by atoms with van der Waals surface area (Å²) in [5, 5.41) is 1.39. The first kappa shape index (κ1) is 21.5. The molecule has 0 spiro atoms. The van der Waals surface area contributed by atoms with E-state index in [1.165, 1.54) is 34.8 Å². The molecule has 0 radical (unpaired) electrons. The quantitative estimate of drug-likeness (QED) is 0.633. The molecule has 0 saturated carbocycles. The van der Waals surface area contributed by atoms with Crippen LogP contribution in [0.25, 0.3) is 0 Å². The normalized spacial score (nSPS) is 24.0. The van der Waals surface area contributed by atoms with Gasteiger partial charge in [-0.15, -0.1) is 22.7 Å². The van der Waals surface area contributed by atoms with E-state index < -0.39 is 0 Å². The lowest BCUT2D eigenvalue weighted by atomic mass is 9.96. The second-order valence-corrected chi connectivity index (χ2v) is 11.3. The van der Waals surface area contributed by atoms with Gasteiger partial charge in [0.05, 0.1) is 33.7 Å². The Morgan fingerprint density at radius 1 is 0.794 bits per heavy atom. The molecule has 6 rings (SSSR count). The fraction of sp³-hybridized carbons (Fsp3) is 0.391. The minimum Gasteiger partial charge on any atom is -0.352 e. The summed E-state index contributed by atoms with van der Waals surface area (Å²) in [7, 11) is 1.95. The van der Waals surface area contributed by atoms with Crippen LogP contribution in [0.2, 0.25) is 0 Å². The summed E-state index contributed by atoms with van der Waals surface area (Å²) in [5.41, 5.74) is 1.24. The lowest BCUT2D eigenvalue weighted by Gasteiger charge is -2.56. The summed E-state index contributed by atoms with van der Waals surface area (Å²) < 4.78 is 0. The fourth-order valence-electron chi connectivity index (χ4n) is 5.03. The number of carbonyl (C=O) groups excluding carboxylic acids is 4. The van der Waals surface area contributed by atoms with Crippen LogP contribution in [0.3, 0.4) is 0 Å². The number of nitrogens with zero attached hydrogens (tertiary/aromatic N) is 5. The Labute approximate surface area is 203 Å². The molecule has 0 bridgehead atoms. The number of allylic oxidation sites excluding steroid dienone is 4. The zero-order chi connectivity index (χ0) is 23.9. The number of hydrogen-bond acceptors (Lipinski definition) is 11. The van der Waals surface area contributed by atoms with Crippen molar-refractivity contribution in [2.45, 2.75) is 39.0 Å². The molecule has 0 N–H and O–H groups in total. The summed E-state index contributed by atoms with van der Waals surface area (Å²) in [6.07, 6.45) is 4.32. The van der Waals surface area contributed by atoms with Crippen LogP contribution in [0.5, 0.6) is 0 Å². The Kier molecular flexibility index (Phi) is 4.74. The molecule has 2 aliphatic carbocycles. The Hall–Kier alpha value is -3.02. The van der Waals surface area contributed by atoms with Gasteiger partial charge in [-0.2, -0.15) is 0 Å². The molecule has 4 aliphatic rings. The standard InChI is InChI=1S/C23H21N5O4S2/c1-10-24-18-20(31)12(8-14(29)22(18)33-10)27-6-4-16(27)26(3)17-5-7-28(17)13-9-15(30)23-19(21(13)32)25-11(2)34-23/h8-9,16-17H,4-7H2,1-3H3. The van der Waals surface area contributed by atoms with E-state index in [9.17, 15) is 19.2 Å². The van der Waals surface area contributed by atoms with Crippen molar-refractivity contribution >= 4 is 45.8 Å². The van der Waals surface area contributed by atoms with Crippen LogP contribution in [0.1, 0.15) is 63.2 Å². The largest absolute Gasteiger partial charge is 0.352 e. The van der Waals surface area contributed by atoms with E-state index in [-0.39, 0.29) is 46.9 Å². The van der Waals surface area contributed by atoms with E-state index in [1.54, 1.807) is 13.8 Å². The maximum atomic E-state index is 13.1. The number of fused-ring (bicyclic) bond motifs is 2. The van der Waals surface area contributed by atoms with Crippen molar-refractivity contribution < 1.29 is 19.2 Å². The van der Waals surface area contributed by atoms with E-state index in [4.69, 9.17) is 0 Å². The van der Waals surface area contributed by atoms with Crippen molar-refractivity contribution in [2.24, 2.45) is 0 Å². The number of aryl methyl sites for hydroxylation is 2. The number of ketones is 4. The molecule has 0 aromatic carbocycles. The van der Waals surface area contributed by atoms with Gasteiger partial charge in [-0.3, -0.25) is 24.1 Å². The van der Waals surface area contributed by atoms with Gasteiger partial charge in [0.2, 0.25) is 11.6 Å². The van der Waals surface area contributed by atoms with Gasteiger partial charge >= 0.3 is 0 Å². The third-order valence-corrected chi connectivity index (χ3v) is 8.85. The number of hydrogen-bond donors (Lipinski definition) is 0. The summed E-state index contributed by atoms with van der Waals surface area (Å²) in [6, 6.07) is 0. The third kappa shape index (κ3) is 3.00. The summed E-state index contributed by atoms with van der Waals surface area (Å²) >= 11 is 2.50. The van der Waals surface area contributed by atoms with Crippen molar-refractivity contribution in [1.82, 2.24) is 24.7 Å².